The molecule has 2 aliphatic rings. The largest absolute Gasteiger partial charge is 0.465 e. The molecule has 9 nitrogen and oxygen atoms in total. The van der Waals surface area contributed by atoms with Gasteiger partial charge in [-0.15, -0.1) is 0 Å². The summed E-state index contributed by atoms with van der Waals surface area (Å²) in [5, 5.41) is 14.1. The van der Waals surface area contributed by atoms with E-state index in [0.717, 1.165) is 12.1 Å². The lowest BCUT2D eigenvalue weighted by Crippen LogP contribution is -2.52. The van der Waals surface area contributed by atoms with E-state index in [0.29, 0.717) is 18.9 Å². The number of carbonyl (C=O) groups is 3. The molecule has 2 aromatic carbocycles. The van der Waals surface area contributed by atoms with Crippen molar-refractivity contribution in [2.75, 3.05) is 12.3 Å². The molecule has 3 amide bonds. The minimum atomic E-state index is -4.63. The maximum Gasteiger partial charge on any atom is 0.416 e. The van der Waals surface area contributed by atoms with Gasteiger partial charge in [0.25, 0.3) is 5.91 Å². The van der Waals surface area contributed by atoms with E-state index in [2.05, 4.69) is 10.6 Å². The van der Waals surface area contributed by atoms with Crippen LogP contribution < -0.4 is 10.6 Å². The second-order valence-corrected chi connectivity index (χ2v) is 11.8. The van der Waals surface area contributed by atoms with Crippen LogP contribution in [0.25, 0.3) is 0 Å². The summed E-state index contributed by atoms with van der Waals surface area (Å²) in [4.78, 5) is 38.8. The molecule has 39 heavy (non-hydrogen) atoms. The van der Waals surface area contributed by atoms with E-state index in [9.17, 15) is 36.0 Å². The van der Waals surface area contributed by atoms with E-state index in [1.807, 2.05) is 0 Å². The van der Waals surface area contributed by atoms with Crippen LogP contribution in [0, 0.1) is 5.92 Å². The normalized spacial score (nSPS) is 23.9. The van der Waals surface area contributed by atoms with Crippen LogP contribution in [0.4, 0.5) is 18.0 Å². The van der Waals surface area contributed by atoms with Crippen molar-refractivity contribution < 1.29 is 41.1 Å². The van der Waals surface area contributed by atoms with Gasteiger partial charge >= 0.3 is 12.3 Å². The number of nitrogens with zero attached hydrogens (tertiary/aromatic N) is 1. The molecule has 1 aliphatic heterocycles. The fraction of sp³-hybridized carbons (Fsp3) is 0.423. The molecule has 1 aliphatic carbocycles. The molecule has 0 bridgehead atoms. The van der Waals surface area contributed by atoms with Gasteiger partial charge in [0.15, 0.2) is 9.84 Å². The number of hydrogen-bond acceptors (Lipinski definition) is 5. The van der Waals surface area contributed by atoms with Crippen LogP contribution in [0.1, 0.15) is 41.6 Å². The quantitative estimate of drug-likeness (QED) is 0.470. The third kappa shape index (κ3) is 6.70. The number of carboxylic acid groups (broad SMARTS) is 1. The smallest absolute Gasteiger partial charge is 0.416 e. The van der Waals surface area contributed by atoms with Gasteiger partial charge in [-0.2, -0.15) is 13.2 Å². The molecule has 3 N–H and O–H groups in total. The van der Waals surface area contributed by atoms with Crippen molar-refractivity contribution >= 4 is 27.7 Å². The lowest BCUT2D eigenvalue weighted by atomic mass is 9.81. The highest BCUT2D eigenvalue weighted by molar-refractivity contribution is 7.91. The van der Waals surface area contributed by atoms with E-state index in [1.54, 1.807) is 18.2 Å². The van der Waals surface area contributed by atoms with Gasteiger partial charge in [-0.05, 0) is 61.9 Å². The lowest BCUT2D eigenvalue weighted by Gasteiger charge is -2.41. The monoisotopic (exact) mass is 567 g/mol. The molecule has 13 heteroatoms. The van der Waals surface area contributed by atoms with E-state index in [-0.39, 0.29) is 35.6 Å². The molecule has 1 saturated carbocycles. The van der Waals surface area contributed by atoms with Crippen molar-refractivity contribution in [3.05, 3.63) is 65.7 Å². The van der Waals surface area contributed by atoms with Crippen molar-refractivity contribution in [1.29, 1.82) is 0 Å². The number of nitrogens with one attached hydrogen (secondary N) is 2. The average molecular weight is 568 g/mol. The number of rotatable bonds is 7. The molecule has 1 saturated heterocycles. The summed E-state index contributed by atoms with van der Waals surface area (Å²) in [5.41, 5.74) is -1.22. The highest BCUT2D eigenvalue weighted by atomic mass is 32.2. The van der Waals surface area contributed by atoms with E-state index >= 15 is 0 Å². The molecule has 0 spiro atoms. The number of sulfone groups is 1. The van der Waals surface area contributed by atoms with Crippen LogP contribution >= 0.6 is 0 Å². The maximum absolute atomic E-state index is 13.3. The third-order valence-corrected chi connectivity index (χ3v) is 9.06. The number of halogens is 3. The van der Waals surface area contributed by atoms with Crippen molar-refractivity contribution in [2.45, 2.75) is 54.9 Å². The summed E-state index contributed by atoms with van der Waals surface area (Å²) in [6.07, 6.45) is -4.70. The molecule has 4 rings (SSSR count). The van der Waals surface area contributed by atoms with Gasteiger partial charge in [0.2, 0.25) is 5.91 Å². The van der Waals surface area contributed by atoms with Crippen LogP contribution in [0.5, 0.6) is 0 Å². The van der Waals surface area contributed by atoms with Gasteiger partial charge in [0, 0.05) is 24.2 Å². The Labute approximate surface area is 223 Å². The first kappa shape index (κ1) is 28.4. The Balaban J connectivity index is 1.50. The zero-order valence-electron chi connectivity index (χ0n) is 20.7. The fourth-order valence-electron chi connectivity index (χ4n) is 5.39. The van der Waals surface area contributed by atoms with Gasteiger partial charge in [0.1, 0.15) is 6.04 Å². The van der Waals surface area contributed by atoms with Crippen molar-refractivity contribution in [2.24, 2.45) is 5.92 Å². The maximum atomic E-state index is 13.3. The minimum Gasteiger partial charge on any atom is -0.465 e. The molecule has 0 unspecified atom stereocenters. The summed E-state index contributed by atoms with van der Waals surface area (Å²) in [5.74, 6) is -2.15. The first-order chi connectivity index (χ1) is 18.3. The molecule has 4 atom stereocenters. The van der Waals surface area contributed by atoms with Crippen molar-refractivity contribution in [3.8, 4) is 0 Å². The number of alkyl halides is 3. The van der Waals surface area contributed by atoms with E-state index in [4.69, 9.17) is 5.11 Å². The Morgan fingerprint density at radius 1 is 1.00 bits per heavy atom. The zero-order chi connectivity index (χ0) is 28.4. The topological polar surface area (TPSA) is 133 Å². The highest BCUT2D eigenvalue weighted by Crippen LogP contribution is 2.34. The number of hydrogen-bond donors (Lipinski definition) is 3. The van der Waals surface area contributed by atoms with Gasteiger partial charge in [-0.25, -0.2) is 13.2 Å². The molecular weight excluding hydrogens is 539 g/mol. The second kappa shape index (κ2) is 11.2. The summed E-state index contributed by atoms with van der Waals surface area (Å²) in [6, 6.07) is 9.75. The van der Waals surface area contributed by atoms with Gasteiger partial charge in [-0.1, -0.05) is 24.3 Å². The molecular formula is C26H28F3N3O6S. The van der Waals surface area contributed by atoms with Gasteiger partial charge in [-0.3, -0.25) is 9.59 Å². The Kier molecular flexibility index (Phi) is 8.19. The molecule has 0 radical (unpaired) electrons. The number of benzene rings is 2. The Morgan fingerprint density at radius 2 is 1.72 bits per heavy atom. The molecule has 2 aromatic rings. The second-order valence-electron chi connectivity index (χ2n) is 9.81. The van der Waals surface area contributed by atoms with Crippen LogP contribution in [-0.2, 0) is 20.8 Å². The molecule has 1 heterocycles. The molecule has 0 aromatic heterocycles. The Bertz CT molecular complexity index is 1340. The van der Waals surface area contributed by atoms with E-state index in [1.165, 1.54) is 23.1 Å². The fourth-order valence-corrected chi connectivity index (χ4v) is 7.08. The number of amides is 3. The summed E-state index contributed by atoms with van der Waals surface area (Å²) < 4.78 is 65.4. The van der Waals surface area contributed by atoms with Crippen molar-refractivity contribution in [1.82, 2.24) is 15.5 Å². The molecule has 210 valence electrons. The molecule has 2 fully saturated rings. The Hall–Kier alpha value is -3.61. The van der Waals surface area contributed by atoms with Crippen LogP contribution in [0.15, 0.2) is 59.5 Å². The zero-order valence-corrected chi connectivity index (χ0v) is 21.5. The first-order valence-electron chi connectivity index (χ1n) is 12.4. The Morgan fingerprint density at radius 3 is 2.38 bits per heavy atom. The SMILES string of the molecule is O=C(O)N[C@@H]1CC[C@H](N2CC[C@H](NC(=O)c3cccc(C(F)(F)F)c3)C2=O)[C@H](CS(=O)(=O)c2ccccc2)C1. The predicted octanol–water partition coefficient (Wildman–Crippen LogP) is 3.31. The summed E-state index contributed by atoms with van der Waals surface area (Å²) >= 11 is 0. The standard InChI is InChI=1S/C26H28F3N3O6S/c27-26(28,29)18-6-4-5-16(13-18)23(33)31-21-11-12-32(24(21)34)22-10-9-19(30-25(35)36)14-17(22)15-39(37,38)20-7-2-1-3-8-20/h1-8,13,17,19,21-22,30H,9-12,14-15H2,(H,31,33)(H,35,36)/t17-,19+,21-,22-/m0/s1. The van der Waals surface area contributed by atoms with Crippen molar-refractivity contribution in [3.63, 3.8) is 0 Å². The average Bonchev–Trinajstić information content (AvgIpc) is 3.23. The first-order valence-corrected chi connectivity index (χ1v) is 14.1. The highest BCUT2D eigenvalue weighted by Gasteiger charge is 2.44. The number of likely N-dealkylation sites (tertiary alicyclic amines) is 1. The van der Waals surface area contributed by atoms with Gasteiger partial charge in [0.05, 0.1) is 16.2 Å². The lowest BCUT2D eigenvalue weighted by molar-refractivity contribution is -0.137. The summed E-state index contributed by atoms with van der Waals surface area (Å²) in [6.45, 7) is 0.218. The third-order valence-electron chi connectivity index (χ3n) is 7.20. The predicted molar refractivity (Wildman–Crippen MR) is 134 cm³/mol. The van der Waals surface area contributed by atoms with Crippen LogP contribution in [0.3, 0.4) is 0 Å². The van der Waals surface area contributed by atoms with E-state index < -0.39 is 63.5 Å². The minimum absolute atomic E-state index is 0.121. The van der Waals surface area contributed by atoms with Crippen LogP contribution in [-0.4, -0.2) is 66.8 Å². The number of carbonyl (C=O) groups excluding carboxylic acids is 2. The van der Waals surface area contributed by atoms with Crippen LogP contribution in [0.2, 0.25) is 0 Å². The summed E-state index contributed by atoms with van der Waals surface area (Å²) in [7, 11) is -3.75. The van der Waals surface area contributed by atoms with Gasteiger partial charge < -0.3 is 20.6 Å².